The van der Waals surface area contributed by atoms with Crippen molar-refractivity contribution in [3.05, 3.63) is 29.6 Å². The molecule has 0 saturated carbocycles. The maximum Gasteiger partial charge on any atom is 0.434 e. The van der Waals surface area contributed by atoms with E-state index in [2.05, 4.69) is 20.2 Å². The number of aryl methyl sites for hydroxylation is 2. The standard InChI is InChI=1S/C14H19F3N6/c1-21(8-11-5-18-20-22(11)2)6-10-3-4-13-19-12(14(15,16)17)9-23(13)7-10/h5,9-10H,3-4,6-8H2,1-2H3/t10-/m1/s1. The number of hydrogen-bond donors (Lipinski definition) is 0. The minimum absolute atomic E-state index is 0.309. The molecule has 0 amide bonds. The molecule has 3 heterocycles. The average Bonchev–Trinajstić information content (AvgIpc) is 3.05. The highest BCUT2D eigenvalue weighted by molar-refractivity contribution is 5.10. The van der Waals surface area contributed by atoms with Gasteiger partial charge in [0, 0.05) is 39.3 Å². The SMILES string of the molecule is CN(Cc1cnnn1C)C[C@H]1CCc2nc(C(F)(F)F)cn2C1. The van der Waals surface area contributed by atoms with Crippen molar-refractivity contribution < 1.29 is 13.2 Å². The van der Waals surface area contributed by atoms with Crippen LogP contribution in [-0.4, -0.2) is 43.0 Å². The minimum atomic E-state index is -4.37. The van der Waals surface area contributed by atoms with Crippen LogP contribution in [0.5, 0.6) is 0 Å². The molecule has 0 N–H and O–H groups in total. The molecule has 0 fully saturated rings. The topological polar surface area (TPSA) is 51.8 Å². The number of aromatic nitrogens is 5. The summed E-state index contributed by atoms with van der Waals surface area (Å²) < 4.78 is 41.6. The Kier molecular flexibility index (Phi) is 4.13. The summed E-state index contributed by atoms with van der Waals surface area (Å²) in [5.74, 6) is 0.844. The Balaban J connectivity index is 1.61. The molecule has 3 rings (SSSR count). The van der Waals surface area contributed by atoms with Crippen LogP contribution in [0.2, 0.25) is 0 Å². The average molecular weight is 328 g/mol. The highest BCUT2D eigenvalue weighted by atomic mass is 19.4. The van der Waals surface area contributed by atoms with Crippen molar-refractivity contribution in [3.63, 3.8) is 0 Å². The van der Waals surface area contributed by atoms with Gasteiger partial charge < -0.3 is 9.47 Å². The zero-order valence-corrected chi connectivity index (χ0v) is 13.1. The first-order valence-corrected chi connectivity index (χ1v) is 7.48. The van der Waals surface area contributed by atoms with Crippen LogP contribution in [0.15, 0.2) is 12.4 Å². The first-order chi connectivity index (χ1) is 10.8. The largest absolute Gasteiger partial charge is 0.434 e. The second-order valence-electron chi connectivity index (χ2n) is 6.14. The van der Waals surface area contributed by atoms with Crippen molar-refractivity contribution in [2.45, 2.75) is 32.1 Å². The van der Waals surface area contributed by atoms with Gasteiger partial charge in [0.05, 0.1) is 11.9 Å². The van der Waals surface area contributed by atoms with Gasteiger partial charge in [-0.3, -0.25) is 4.68 Å². The van der Waals surface area contributed by atoms with Crippen LogP contribution in [0.1, 0.15) is 23.6 Å². The van der Waals surface area contributed by atoms with E-state index in [-0.39, 0.29) is 0 Å². The first kappa shape index (κ1) is 16.0. The summed E-state index contributed by atoms with van der Waals surface area (Å²) in [7, 11) is 3.84. The summed E-state index contributed by atoms with van der Waals surface area (Å²) in [5.41, 5.74) is 0.216. The van der Waals surface area contributed by atoms with E-state index in [1.54, 1.807) is 15.4 Å². The molecule has 1 atom stereocenters. The first-order valence-electron chi connectivity index (χ1n) is 7.48. The molecule has 2 aromatic heterocycles. The number of nitrogens with zero attached hydrogens (tertiary/aromatic N) is 6. The van der Waals surface area contributed by atoms with Crippen LogP contribution in [0.4, 0.5) is 13.2 Å². The zero-order chi connectivity index (χ0) is 16.6. The molecule has 126 valence electrons. The van der Waals surface area contributed by atoms with Gasteiger partial charge in [-0.2, -0.15) is 13.2 Å². The summed E-state index contributed by atoms with van der Waals surface area (Å²) in [6, 6.07) is 0. The monoisotopic (exact) mass is 328 g/mol. The van der Waals surface area contributed by atoms with E-state index < -0.39 is 11.9 Å². The van der Waals surface area contributed by atoms with E-state index >= 15 is 0 Å². The fourth-order valence-electron chi connectivity index (χ4n) is 3.04. The summed E-state index contributed by atoms with van der Waals surface area (Å²) in [5, 5.41) is 7.74. The molecule has 0 radical (unpaired) electrons. The Bertz CT molecular complexity index is 674. The predicted octanol–water partition coefficient (Wildman–Crippen LogP) is 1.72. The molecular formula is C14H19F3N6. The minimum Gasteiger partial charge on any atom is -0.334 e. The fourth-order valence-corrected chi connectivity index (χ4v) is 3.04. The smallest absolute Gasteiger partial charge is 0.334 e. The van der Waals surface area contributed by atoms with Gasteiger partial charge in [-0.05, 0) is 19.4 Å². The lowest BCUT2D eigenvalue weighted by molar-refractivity contribution is -0.141. The van der Waals surface area contributed by atoms with E-state index in [9.17, 15) is 13.2 Å². The highest BCUT2D eigenvalue weighted by Crippen LogP contribution is 2.30. The fraction of sp³-hybridized carbons (Fsp3) is 0.643. The number of fused-ring (bicyclic) bond motifs is 1. The molecule has 23 heavy (non-hydrogen) atoms. The van der Waals surface area contributed by atoms with Crippen LogP contribution in [0.25, 0.3) is 0 Å². The van der Waals surface area contributed by atoms with Crippen molar-refractivity contribution in [3.8, 4) is 0 Å². The van der Waals surface area contributed by atoms with Gasteiger partial charge in [0.15, 0.2) is 5.69 Å². The summed E-state index contributed by atoms with van der Waals surface area (Å²) >= 11 is 0. The molecule has 0 aliphatic carbocycles. The molecule has 6 nitrogen and oxygen atoms in total. The van der Waals surface area contributed by atoms with Gasteiger partial charge in [-0.1, -0.05) is 5.21 Å². The van der Waals surface area contributed by atoms with Crippen molar-refractivity contribution >= 4 is 0 Å². The van der Waals surface area contributed by atoms with Crippen LogP contribution in [0.3, 0.4) is 0 Å². The van der Waals surface area contributed by atoms with Gasteiger partial charge in [0.25, 0.3) is 0 Å². The Morgan fingerprint density at radius 2 is 2.17 bits per heavy atom. The Morgan fingerprint density at radius 1 is 1.39 bits per heavy atom. The van der Waals surface area contributed by atoms with E-state index in [0.29, 0.717) is 31.3 Å². The van der Waals surface area contributed by atoms with E-state index in [0.717, 1.165) is 24.9 Å². The second kappa shape index (κ2) is 5.95. The molecule has 2 aromatic rings. The Labute approximate surface area is 131 Å². The molecule has 9 heteroatoms. The quantitative estimate of drug-likeness (QED) is 0.858. The van der Waals surface area contributed by atoms with Gasteiger partial charge in [0.1, 0.15) is 5.82 Å². The van der Waals surface area contributed by atoms with E-state index in [1.807, 2.05) is 14.1 Å². The molecule has 0 unspecified atom stereocenters. The third-order valence-corrected chi connectivity index (χ3v) is 4.19. The maximum absolute atomic E-state index is 12.7. The highest BCUT2D eigenvalue weighted by Gasteiger charge is 2.35. The lowest BCUT2D eigenvalue weighted by Gasteiger charge is -2.28. The summed E-state index contributed by atoms with van der Waals surface area (Å²) in [6.07, 6.45) is -0.0826. The molecule has 1 aliphatic rings. The number of halogens is 3. The number of hydrogen-bond acceptors (Lipinski definition) is 4. The van der Waals surface area contributed by atoms with Crippen molar-refractivity contribution in [2.75, 3.05) is 13.6 Å². The zero-order valence-electron chi connectivity index (χ0n) is 13.1. The number of imidazole rings is 1. The number of alkyl halides is 3. The molecular weight excluding hydrogens is 309 g/mol. The molecule has 0 saturated heterocycles. The Hall–Kier alpha value is -1.90. The van der Waals surface area contributed by atoms with Crippen molar-refractivity contribution in [2.24, 2.45) is 13.0 Å². The molecule has 1 aliphatic heterocycles. The lowest BCUT2D eigenvalue weighted by atomic mass is 9.99. The van der Waals surface area contributed by atoms with Gasteiger partial charge >= 0.3 is 6.18 Å². The van der Waals surface area contributed by atoms with Crippen molar-refractivity contribution in [1.29, 1.82) is 0 Å². The summed E-state index contributed by atoms with van der Waals surface area (Å²) in [4.78, 5) is 5.86. The van der Waals surface area contributed by atoms with Gasteiger partial charge in [0.2, 0.25) is 0 Å². The van der Waals surface area contributed by atoms with Crippen LogP contribution in [-0.2, 0) is 32.7 Å². The second-order valence-corrected chi connectivity index (χ2v) is 6.14. The van der Waals surface area contributed by atoms with Gasteiger partial charge in [-0.15, -0.1) is 5.10 Å². The molecule has 0 spiro atoms. The van der Waals surface area contributed by atoms with Crippen LogP contribution >= 0.6 is 0 Å². The summed E-state index contributed by atoms with van der Waals surface area (Å²) in [6.45, 7) is 2.10. The van der Waals surface area contributed by atoms with E-state index in [1.165, 1.54) is 0 Å². The third-order valence-electron chi connectivity index (χ3n) is 4.19. The number of rotatable bonds is 4. The van der Waals surface area contributed by atoms with Crippen molar-refractivity contribution in [1.82, 2.24) is 29.4 Å². The predicted molar refractivity (Wildman–Crippen MR) is 76.4 cm³/mol. The lowest BCUT2D eigenvalue weighted by Crippen LogP contribution is -2.31. The third kappa shape index (κ3) is 3.54. The normalized spacial score (nSPS) is 18.4. The van der Waals surface area contributed by atoms with E-state index in [4.69, 9.17) is 0 Å². The molecule has 0 aromatic carbocycles. The maximum atomic E-state index is 12.7. The van der Waals surface area contributed by atoms with Gasteiger partial charge in [-0.25, -0.2) is 4.98 Å². The van der Waals surface area contributed by atoms with Crippen LogP contribution in [0, 0.1) is 5.92 Å². The Morgan fingerprint density at radius 3 is 2.83 bits per heavy atom. The molecule has 0 bridgehead atoms. The van der Waals surface area contributed by atoms with Crippen LogP contribution < -0.4 is 0 Å².